The van der Waals surface area contributed by atoms with Crippen LogP contribution in [-0.4, -0.2) is 10.1 Å². The van der Waals surface area contributed by atoms with Crippen molar-refractivity contribution in [1.82, 2.24) is 4.98 Å². The molecule has 0 bridgehead atoms. The highest BCUT2D eigenvalue weighted by Crippen LogP contribution is 2.29. The van der Waals surface area contributed by atoms with Crippen LogP contribution in [0.4, 0.5) is 13.2 Å². The number of benzene rings is 1. The molecule has 0 aliphatic heterocycles. The SMILES string of the molecule is OCc1cccc(Oc2cccc(C(F)(F)F)n2)c1. The fourth-order valence-corrected chi connectivity index (χ4v) is 1.46. The average Bonchev–Trinajstić information content (AvgIpc) is 2.38. The quantitative estimate of drug-likeness (QED) is 0.928. The summed E-state index contributed by atoms with van der Waals surface area (Å²) in [7, 11) is 0. The van der Waals surface area contributed by atoms with Crippen LogP contribution in [0.5, 0.6) is 11.6 Å². The first-order chi connectivity index (χ1) is 8.99. The Morgan fingerprint density at radius 1 is 1.11 bits per heavy atom. The first-order valence-electron chi connectivity index (χ1n) is 5.41. The van der Waals surface area contributed by atoms with Crippen LogP contribution in [-0.2, 0) is 12.8 Å². The summed E-state index contributed by atoms with van der Waals surface area (Å²) in [6, 6.07) is 9.84. The monoisotopic (exact) mass is 269 g/mol. The lowest BCUT2D eigenvalue weighted by Crippen LogP contribution is -2.07. The lowest BCUT2D eigenvalue weighted by molar-refractivity contribution is -0.141. The Balaban J connectivity index is 2.23. The highest BCUT2D eigenvalue weighted by molar-refractivity contribution is 5.31. The van der Waals surface area contributed by atoms with Crippen LogP contribution in [0.3, 0.4) is 0 Å². The van der Waals surface area contributed by atoms with Crippen molar-refractivity contribution in [2.24, 2.45) is 0 Å². The van der Waals surface area contributed by atoms with Crippen LogP contribution in [0.25, 0.3) is 0 Å². The molecule has 1 aromatic heterocycles. The summed E-state index contributed by atoms with van der Waals surface area (Å²) in [5.41, 5.74) is -0.409. The Hall–Kier alpha value is -2.08. The largest absolute Gasteiger partial charge is 0.439 e. The zero-order chi connectivity index (χ0) is 13.9. The van der Waals surface area contributed by atoms with E-state index in [1.807, 2.05) is 0 Å². The molecule has 2 rings (SSSR count). The van der Waals surface area contributed by atoms with Gasteiger partial charge in [0.15, 0.2) is 0 Å². The second kappa shape index (κ2) is 5.27. The number of hydrogen-bond donors (Lipinski definition) is 1. The second-order valence-corrected chi connectivity index (χ2v) is 3.77. The molecule has 0 saturated heterocycles. The van der Waals surface area contributed by atoms with E-state index < -0.39 is 11.9 Å². The Morgan fingerprint density at radius 2 is 1.84 bits per heavy atom. The maximum absolute atomic E-state index is 12.5. The molecular formula is C13H10F3NO2. The molecule has 0 aliphatic rings. The number of nitrogens with zero attached hydrogens (tertiary/aromatic N) is 1. The maximum atomic E-state index is 12.5. The van der Waals surface area contributed by atoms with Gasteiger partial charge in [0, 0.05) is 6.07 Å². The molecule has 0 saturated carbocycles. The summed E-state index contributed by atoms with van der Waals surface area (Å²) in [4.78, 5) is 3.39. The summed E-state index contributed by atoms with van der Waals surface area (Å²) in [6.07, 6.45) is -4.51. The van der Waals surface area contributed by atoms with Crippen molar-refractivity contribution in [2.75, 3.05) is 0 Å². The van der Waals surface area contributed by atoms with E-state index in [0.29, 0.717) is 11.3 Å². The predicted octanol–water partition coefficient (Wildman–Crippen LogP) is 3.39. The van der Waals surface area contributed by atoms with Gasteiger partial charge in [-0.05, 0) is 23.8 Å². The summed E-state index contributed by atoms with van der Waals surface area (Å²) >= 11 is 0. The van der Waals surface area contributed by atoms with Gasteiger partial charge in [-0.2, -0.15) is 13.2 Å². The molecular weight excluding hydrogens is 259 g/mol. The number of aromatic nitrogens is 1. The van der Waals surface area contributed by atoms with Crippen molar-refractivity contribution >= 4 is 0 Å². The number of hydrogen-bond acceptors (Lipinski definition) is 3. The summed E-state index contributed by atoms with van der Waals surface area (Å²) < 4.78 is 42.7. The highest BCUT2D eigenvalue weighted by atomic mass is 19.4. The molecule has 3 nitrogen and oxygen atoms in total. The van der Waals surface area contributed by atoms with E-state index in [0.717, 1.165) is 6.07 Å². The van der Waals surface area contributed by atoms with Gasteiger partial charge >= 0.3 is 6.18 Å². The van der Waals surface area contributed by atoms with E-state index in [4.69, 9.17) is 9.84 Å². The molecule has 0 spiro atoms. The van der Waals surface area contributed by atoms with Crippen LogP contribution in [0.1, 0.15) is 11.3 Å². The van der Waals surface area contributed by atoms with Crippen LogP contribution in [0.2, 0.25) is 0 Å². The molecule has 0 amide bonds. The molecule has 1 N–H and O–H groups in total. The third-order valence-electron chi connectivity index (χ3n) is 2.32. The number of aliphatic hydroxyl groups is 1. The summed E-state index contributed by atoms with van der Waals surface area (Å²) in [5.74, 6) is 0.170. The number of rotatable bonds is 3. The molecule has 6 heteroatoms. The second-order valence-electron chi connectivity index (χ2n) is 3.77. The summed E-state index contributed by atoms with van der Waals surface area (Å²) in [5, 5.41) is 8.96. The fourth-order valence-electron chi connectivity index (χ4n) is 1.46. The van der Waals surface area contributed by atoms with Gasteiger partial charge in [0.05, 0.1) is 6.61 Å². The van der Waals surface area contributed by atoms with Crippen LogP contribution < -0.4 is 4.74 Å². The third kappa shape index (κ3) is 3.45. The van der Waals surface area contributed by atoms with E-state index in [1.54, 1.807) is 18.2 Å². The smallest absolute Gasteiger partial charge is 0.433 e. The van der Waals surface area contributed by atoms with Gasteiger partial charge < -0.3 is 9.84 Å². The van der Waals surface area contributed by atoms with Gasteiger partial charge in [0.25, 0.3) is 0 Å². The van der Waals surface area contributed by atoms with E-state index in [2.05, 4.69) is 4.98 Å². The van der Waals surface area contributed by atoms with Crippen LogP contribution >= 0.6 is 0 Å². The minimum absolute atomic E-state index is 0.148. The maximum Gasteiger partial charge on any atom is 0.433 e. The minimum atomic E-state index is -4.51. The summed E-state index contributed by atoms with van der Waals surface area (Å²) in [6.45, 7) is -0.173. The standard InChI is InChI=1S/C13H10F3NO2/c14-13(15,16)11-5-2-6-12(17-11)19-10-4-1-3-9(7-10)8-18/h1-7,18H,8H2. The topological polar surface area (TPSA) is 42.4 Å². The van der Waals surface area contributed by atoms with Crippen LogP contribution in [0.15, 0.2) is 42.5 Å². The number of ether oxygens (including phenoxy) is 1. The van der Waals surface area contributed by atoms with Gasteiger partial charge in [-0.3, -0.25) is 0 Å². The van der Waals surface area contributed by atoms with Crippen molar-refractivity contribution in [3.63, 3.8) is 0 Å². The number of alkyl halides is 3. The molecule has 0 radical (unpaired) electrons. The van der Waals surface area contributed by atoms with Crippen molar-refractivity contribution < 1.29 is 23.0 Å². The minimum Gasteiger partial charge on any atom is -0.439 e. The van der Waals surface area contributed by atoms with Crippen molar-refractivity contribution in [3.8, 4) is 11.6 Å². The van der Waals surface area contributed by atoms with Crippen LogP contribution in [0, 0.1) is 0 Å². The molecule has 1 aromatic carbocycles. The fraction of sp³-hybridized carbons (Fsp3) is 0.154. The highest BCUT2D eigenvalue weighted by Gasteiger charge is 2.32. The molecule has 1 heterocycles. The van der Waals surface area contributed by atoms with Gasteiger partial charge in [0.2, 0.25) is 5.88 Å². The van der Waals surface area contributed by atoms with Gasteiger partial charge in [-0.25, -0.2) is 4.98 Å². The van der Waals surface area contributed by atoms with Crippen molar-refractivity contribution in [1.29, 1.82) is 0 Å². The Morgan fingerprint density at radius 3 is 2.53 bits per heavy atom. The first kappa shape index (κ1) is 13.4. The lowest BCUT2D eigenvalue weighted by Gasteiger charge is -2.09. The van der Waals surface area contributed by atoms with E-state index in [9.17, 15) is 13.2 Å². The van der Waals surface area contributed by atoms with Gasteiger partial charge in [-0.1, -0.05) is 18.2 Å². The molecule has 0 aliphatic carbocycles. The third-order valence-corrected chi connectivity index (χ3v) is 2.32. The first-order valence-corrected chi connectivity index (χ1v) is 5.41. The normalized spacial score (nSPS) is 11.4. The molecule has 19 heavy (non-hydrogen) atoms. The molecule has 2 aromatic rings. The average molecular weight is 269 g/mol. The number of pyridine rings is 1. The molecule has 0 unspecified atom stereocenters. The van der Waals surface area contributed by atoms with Crippen molar-refractivity contribution in [3.05, 3.63) is 53.7 Å². The Kier molecular flexibility index (Phi) is 3.71. The van der Waals surface area contributed by atoms with E-state index >= 15 is 0 Å². The zero-order valence-corrected chi connectivity index (χ0v) is 9.69. The van der Waals surface area contributed by atoms with E-state index in [-0.39, 0.29) is 12.5 Å². The molecule has 0 atom stereocenters. The molecule has 0 fully saturated rings. The van der Waals surface area contributed by atoms with Crippen molar-refractivity contribution in [2.45, 2.75) is 12.8 Å². The van der Waals surface area contributed by atoms with Gasteiger partial charge in [-0.15, -0.1) is 0 Å². The predicted molar refractivity (Wildman–Crippen MR) is 61.7 cm³/mol. The van der Waals surface area contributed by atoms with Gasteiger partial charge in [0.1, 0.15) is 11.4 Å². The molecule has 100 valence electrons. The van der Waals surface area contributed by atoms with E-state index in [1.165, 1.54) is 18.2 Å². The lowest BCUT2D eigenvalue weighted by atomic mass is 10.2. The Labute approximate surface area is 107 Å². The number of halogens is 3. The Bertz CT molecular complexity index is 570. The number of aliphatic hydroxyl groups excluding tert-OH is 1. The zero-order valence-electron chi connectivity index (χ0n) is 9.69.